The van der Waals surface area contributed by atoms with E-state index in [0.29, 0.717) is 24.0 Å². The van der Waals surface area contributed by atoms with E-state index in [0.717, 1.165) is 21.4 Å². The minimum atomic E-state index is -0.260. The number of aromatic nitrogens is 2. The third-order valence-electron chi connectivity index (χ3n) is 5.09. The molecule has 0 saturated carbocycles. The van der Waals surface area contributed by atoms with E-state index >= 15 is 0 Å². The van der Waals surface area contributed by atoms with Gasteiger partial charge in [0.2, 0.25) is 5.43 Å². The Labute approximate surface area is 189 Å². The summed E-state index contributed by atoms with van der Waals surface area (Å²) >= 11 is 3.40. The lowest BCUT2D eigenvalue weighted by Crippen LogP contribution is -2.22. The number of nitrogens with zero attached hydrogens (tertiary/aromatic N) is 3. The molecule has 2 aromatic heterocycles. The molecular formula is C25H22BrN3O2. The highest BCUT2D eigenvalue weighted by atomic mass is 79.9. The Kier molecular flexibility index (Phi) is 6.11. The highest BCUT2D eigenvalue weighted by Crippen LogP contribution is 2.19. The zero-order valence-electron chi connectivity index (χ0n) is 17.4. The van der Waals surface area contributed by atoms with Crippen molar-refractivity contribution in [2.75, 3.05) is 14.1 Å². The molecule has 5 nitrogen and oxygen atoms in total. The SMILES string of the molecule is CN(C)Cc1ccccc1C(=O)c1cn(Cc2cccc(Br)n2)c2ccccc2c1=O. The van der Waals surface area contributed by atoms with Gasteiger partial charge in [-0.05, 0) is 59.9 Å². The number of fused-ring (bicyclic) bond motifs is 1. The highest BCUT2D eigenvalue weighted by molar-refractivity contribution is 9.10. The maximum absolute atomic E-state index is 13.5. The predicted octanol–water partition coefficient (Wildman–Crippen LogP) is 4.50. The average molecular weight is 476 g/mol. The van der Waals surface area contributed by atoms with Gasteiger partial charge in [0.05, 0.1) is 23.3 Å². The molecule has 0 fully saturated rings. The van der Waals surface area contributed by atoms with Gasteiger partial charge in [-0.1, -0.05) is 42.5 Å². The van der Waals surface area contributed by atoms with Crippen molar-refractivity contribution >= 4 is 32.6 Å². The Morgan fingerprint density at radius 1 is 0.968 bits per heavy atom. The smallest absolute Gasteiger partial charge is 0.200 e. The number of carbonyl (C=O) groups excluding carboxylic acids is 1. The molecular weight excluding hydrogens is 454 g/mol. The molecule has 0 aliphatic carbocycles. The number of carbonyl (C=O) groups is 1. The lowest BCUT2D eigenvalue weighted by molar-refractivity contribution is 0.103. The van der Waals surface area contributed by atoms with Gasteiger partial charge in [0.15, 0.2) is 5.78 Å². The first-order valence-corrected chi connectivity index (χ1v) is 10.7. The summed E-state index contributed by atoms with van der Waals surface area (Å²) in [6.07, 6.45) is 1.67. The van der Waals surface area contributed by atoms with Crippen LogP contribution in [0.3, 0.4) is 0 Å². The summed E-state index contributed by atoms with van der Waals surface area (Å²) in [7, 11) is 3.91. The van der Waals surface area contributed by atoms with Crippen LogP contribution in [0, 0.1) is 0 Å². The number of hydrogen-bond donors (Lipinski definition) is 0. The highest BCUT2D eigenvalue weighted by Gasteiger charge is 2.20. The number of hydrogen-bond acceptors (Lipinski definition) is 4. The van der Waals surface area contributed by atoms with Gasteiger partial charge >= 0.3 is 0 Å². The zero-order valence-corrected chi connectivity index (χ0v) is 19.0. The molecule has 31 heavy (non-hydrogen) atoms. The molecule has 0 saturated heterocycles. The minimum Gasteiger partial charge on any atom is -0.340 e. The second kappa shape index (κ2) is 8.96. The molecule has 156 valence electrons. The topological polar surface area (TPSA) is 55.2 Å². The van der Waals surface area contributed by atoms with Gasteiger partial charge in [0, 0.05) is 23.7 Å². The standard InChI is InChI=1S/C25H22BrN3O2/c1-28(2)14-17-8-3-4-10-19(17)24(30)21-16-29(15-18-9-7-13-23(26)27-18)22-12-6-5-11-20(22)25(21)31/h3-13,16H,14-15H2,1-2H3. The Balaban J connectivity index is 1.87. The van der Waals surface area contributed by atoms with Crippen LogP contribution in [-0.2, 0) is 13.1 Å². The summed E-state index contributed by atoms with van der Waals surface area (Å²) < 4.78 is 2.66. The first-order valence-electron chi connectivity index (χ1n) is 9.95. The third kappa shape index (κ3) is 4.50. The summed E-state index contributed by atoms with van der Waals surface area (Å²) in [5, 5.41) is 0.522. The van der Waals surface area contributed by atoms with E-state index < -0.39 is 0 Å². The maximum atomic E-state index is 13.5. The van der Waals surface area contributed by atoms with Crippen molar-refractivity contribution in [3.05, 3.63) is 110 Å². The minimum absolute atomic E-state index is 0.167. The van der Waals surface area contributed by atoms with E-state index in [1.54, 1.807) is 18.3 Å². The molecule has 0 atom stereocenters. The first kappa shape index (κ1) is 21.2. The van der Waals surface area contributed by atoms with Crippen LogP contribution in [0.4, 0.5) is 0 Å². The van der Waals surface area contributed by atoms with Crippen LogP contribution in [0.2, 0.25) is 0 Å². The van der Waals surface area contributed by atoms with Crippen molar-refractivity contribution < 1.29 is 4.79 Å². The van der Waals surface area contributed by atoms with Gasteiger partial charge in [0.1, 0.15) is 4.60 Å². The van der Waals surface area contributed by atoms with Gasteiger partial charge in [-0.2, -0.15) is 0 Å². The van der Waals surface area contributed by atoms with Gasteiger partial charge in [0.25, 0.3) is 0 Å². The second-order valence-corrected chi connectivity index (χ2v) is 8.51. The molecule has 0 unspecified atom stereocenters. The molecule has 0 radical (unpaired) electrons. The van der Waals surface area contributed by atoms with Crippen LogP contribution < -0.4 is 5.43 Å². The fourth-order valence-corrected chi connectivity index (χ4v) is 4.10. The van der Waals surface area contributed by atoms with Crippen molar-refractivity contribution in [3.63, 3.8) is 0 Å². The Hall–Kier alpha value is -3.09. The second-order valence-electron chi connectivity index (χ2n) is 7.69. The number of halogens is 1. The van der Waals surface area contributed by atoms with Crippen molar-refractivity contribution in [2.45, 2.75) is 13.1 Å². The summed E-state index contributed by atoms with van der Waals surface area (Å²) in [6.45, 7) is 1.06. The molecule has 0 N–H and O–H groups in total. The first-order chi connectivity index (χ1) is 14.9. The van der Waals surface area contributed by atoms with Gasteiger partial charge in [-0.3, -0.25) is 9.59 Å². The van der Waals surface area contributed by atoms with Crippen LogP contribution in [-0.4, -0.2) is 34.3 Å². The number of ketones is 1. The number of rotatable bonds is 6. The Bertz CT molecular complexity index is 1330. The van der Waals surface area contributed by atoms with E-state index in [1.807, 2.05) is 78.2 Å². The normalized spacial score (nSPS) is 11.2. The predicted molar refractivity (Wildman–Crippen MR) is 127 cm³/mol. The molecule has 0 amide bonds. The van der Waals surface area contributed by atoms with Crippen LogP contribution in [0.15, 0.2) is 82.3 Å². The van der Waals surface area contributed by atoms with E-state index in [9.17, 15) is 9.59 Å². The fourth-order valence-electron chi connectivity index (χ4n) is 3.72. The Morgan fingerprint density at radius 2 is 1.71 bits per heavy atom. The maximum Gasteiger partial charge on any atom is 0.200 e. The molecule has 0 spiro atoms. The van der Waals surface area contributed by atoms with E-state index in [1.165, 1.54) is 0 Å². The quantitative estimate of drug-likeness (QED) is 0.304. The molecule has 6 heteroatoms. The number of para-hydroxylation sites is 1. The Morgan fingerprint density at radius 3 is 2.48 bits per heavy atom. The number of benzene rings is 2. The van der Waals surface area contributed by atoms with Gasteiger partial charge in [-0.25, -0.2) is 4.98 Å². The summed E-state index contributed by atoms with van der Waals surface area (Å²) in [5.41, 5.74) is 2.96. The van der Waals surface area contributed by atoms with Gasteiger partial charge in [-0.15, -0.1) is 0 Å². The molecule has 0 aliphatic heterocycles. The zero-order chi connectivity index (χ0) is 22.0. The van der Waals surface area contributed by atoms with Crippen LogP contribution in [0.25, 0.3) is 10.9 Å². The summed E-state index contributed by atoms with van der Waals surface area (Å²) in [5.74, 6) is -0.260. The average Bonchev–Trinajstić information content (AvgIpc) is 2.75. The van der Waals surface area contributed by atoms with Crippen molar-refractivity contribution in [3.8, 4) is 0 Å². The van der Waals surface area contributed by atoms with Crippen molar-refractivity contribution in [2.24, 2.45) is 0 Å². The third-order valence-corrected chi connectivity index (χ3v) is 5.53. The largest absolute Gasteiger partial charge is 0.340 e. The molecule has 4 aromatic rings. The summed E-state index contributed by atoms with van der Waals surface area (Å²) in [6, 6.07) is 20.5. The lowest BCUT2D eigenvalue weighted by Gasteiger charge is -2.15. The van der Waals surface area contributed by atoms with E-state index in [4.69, 9.17) is 0 Å². The number of pyridine rings is 2. The van der Waals surface area contributed by atoms with Gasteiger partial charge < -0.3 is 9.47 Å². The van der Waals surface area contributed by atoms with E-state index in [2.05, 4.69) is 20.9 Å². The van der Waals surface area contributed by atoms with Crippen molar-refractivity contribution in [1.82, 2.24) is 14.5 Å². The molecule has 0 bridgehead atoms. The van der Waals surface area contributed by atoms with E-state index in [-0.39, 0.29) is 16.8 Å². The van der Waals surface area contributed by atoms with Crippen LogP contribution in [0.5, 0.6) is 0 Å². The summed E-state index contributed by atoms with van der Waals surface area (Å²) in [4.78, 5) is 33.3. The molecule has 0 aliphatic rings. The molecule has 2 aromatic carbocycles. The van der Waals surface area contributed by atoms with Crippen LogP contribution >= 0.6 is 15.9 Å². The molecule has 2 heterocycles. The lowest BCUT2D eigenvalue weighted by atomic mass is 9.97. The molecule has 4 rings (SSSR count). The van der Waals surface area contributed by atoms with Crippen LogP contribution in [0.1, 0.15) is 27.2 Å². The monoisotopic (exact) mass is 475 g/mol. The fraction of sp³-hybridized carbons (Fsp3) is 0.160. The van der Waals surface area contributed by atoms with Crippen molar-refractivity contribution in [1.29, 1.82) is 0 Å².